The SMILES string of the molecule is C[C@@H]1CO[C@@H](c2ccccc2Cl)CN1CCC(=O)O. The van der Waals surface area contributed by atoms with E-state index in [2.05, 4.69) is 4.90 Å². The number of hydrogen-bond donors (Lipinski definition) is 1. The minimum atomic E-state index is -0.770. The summed E-state index contributed by atoms with van der Waals surface area (Å²) in [7, 11) is 0. The van der Waals surface area contributed by atoms with E-state index in [1.807, 2.05) is 31.2 Å². The predicted octanol–water partition coefficient (Wildman–Crippen LogP) is 2.58. The van der Waals surface area contributed by atoms with Crippen LogP contribution in [0.15, 0.2) is 24.3 Å². The second-order valence-corrected chi connectivity index (χ2v) is 5.24. The summed E-state index contributed by atoms with van der Waals surface area (Å²) >= 11 is 6.18. The van der Waals surface area contributed by atoms with Crippen LogP contribution in [0.2, 0.25) is 5.02 Å². The predicted molar refractivity (Wildman–Crippen MR) is 73.4 cm³/mol. The van der Waals surface area contributed by atoms with Gasteiger partial charge in [0.15, 0.2) is 0 Å². The first kappa shape index (κ1) is 14.3. The summed E-state index contributed by atoms with van der Waals surface area (Å²) in [5.74, 6) is -0.770. The third-order valence-corrected chi connectivity index (χ3v) is 3.77. The fourth-order valence-corrected chi connectivity index (χ4v) is 2.54. The molecular formula is C14H18ClNO3. The van der Waals surface area contributed by atoms with Crippen LogP contribution in [-0.4, -0.2) is 41.7 Å². The van der Waals surface area contributed by atoms with E-state index in [0.717, 1.165) is 5.56 Å². The fraction of sp³-hybridized carbons (Fsp3) is 0.500. The van der Waals surface area contributed by atoms with E-state index in [-0.39, 0.29) is 18.6 Å². The topological polar surface area (TPSA) is 49.8 Å². The molecule has 1 saturated heterocycles. The van der Waals surface area contributed by atoms with Crippen molar-refractivity contribution in [2.45, 2.75) is 25.5 Å². The lowest BCUT2D eigenvalue weighted by molar-refractivity contribution is -0.138. The molecule has 104 valence electrons. The second kappa shape index (κ2) is 6.37. The van der Waals surface area contributed by atoms with Crippen LogP contribution in [0.25, 0.3) is 0 Å². The van der Waals surface area contributed by atoms with Gasteiger partial charge in [0, 0.05) is 29.7 Å². The van der Waals surface area contributed by atoms with E-state index in [1.165, 1.54) is 0 Å². The van der Waals surface area contributed by atoms with Crippen molar-refractivity contribution in [3.05, 3.63) is 34.9 Å². The Labute approximate surface area is 117 Å². The first-order valence-electron chi connectivity index (χ1n) is 6.40. The van der Waals surface area contributed by atoms with Crippen molar-refractivity contribution in [1.82, 2.24) is 4.90 Å². The van der Waals surface area contributed by atoms with E-state index in [0.29, 0.717) is 24.7 Å². The zero-order valence-electron chi connectivity index (χ0n) is 10.9. The first-order chi connectivity index (χ1) is 9.08. The lowest BCUT2D eigenvalue weighted by atomic mass is 10.1. The highest BCUT2D eigenvalue weighted by Gasteiger charge is 2.28. The molecule has 1 N–H and O–H groups in total. The van der Waals surface area contributed by atoms with Crippen LogP contribution in [0.3, 0.4) is 0 Å². The molecule has 1 aliphatic rings. The van der Waals surface area contributed by atoms with Gasteiger partial charge in [0.05, 0.1) is 19.1 Å². The molecular weight excluding hydrogens is 266 g/mol. The number of carboxylic acid groups (broad SMARTS) is 1. The number of aliphatic carboxylic acids is 1. The summed E-state index contributed by atoms with van der Waals surface area (Å²) in [6, 6.07) is 7.86. The Balaban J connectivity index is 2.04. The van der Waals surface area contributed by atoms with Gasteiger partial charge in [-0.15, -0.1) is 0 Å². The number of benzene rings is 1. The highest BCUT2D eigenvalue weighted by Crippen LogP contribution is 2.29. The summed E-state index contributed by atoms with van der Waals surface area (Å²) in [4.78, 5) is 12.8. The molecule has 2 atom stereocenters. The van der Waals surface area contributed by atoms with Gasteiger partial charge in [-0.2, -0.15) is 0 Å². The number of ether oxygens (including phenoxy) is 1. The number of rotatable bonds is 4. The average Bonchev–Trinajstić information content (AvgIpc) is 2.38. The van der Waals surface area contributed by atoms with Gasteiger partial charge in [-0.05, 0) is 13.0 Å². The fourth-order valence-electron chi connectivity index (χ4n) is 2.28. The molecule has 0 radical (unpaired) electrons. The standard InChI is InChI=1S/C14H18ClNO3/c1-10-9-19-13(8-16(10)7-6-14(17)18)11-4-2-3-5-12(11)15/h2-5,10,13H,6-9H2,1H3,(H,17,18)/t10-,13-/m1/s1. The Bertz CT molecular complexity index is 452. The quantitative estimate of drug-likeness (QED) is 0.923. The van der Waals surface area contributed by atoms with Gasteiger partial charge in [-0.25, -0.2) is 0 Å². The van der Waals surface area contributed by atoms with Crippen LogP contribution in [-0.2, 0) is 9.53 Å². The number of morpholine rings is 1. The van der Waals surface area contributed by atoms with Crippen molar-refractivity contribution in [3.63, 3.8) is 0 Å². The van der Waals surface area contributed by atoms with Crippen molar-refractivity contribution in [2.24, 2.45) is 0 Å². The zero-order chi connectivity index (χ0) is 13.8. The smallest absolute Gasteiger partial charge is 0.304 e. The van der Waals surface area contributed by atoms with Crippen LogP contribution in [0.5, 0.6) is 0 Å². The van der Waals surface area contributed by atoms with Crippen molar-refractivity contribution < 1.29 is 14.6 Å². The Hall–Kier alpha value is -1.10. The molecule has 2 rings (SSSR count). The summed E-state index contributed by atoms with van der Waals surface area (Å²) in [5.41, 5.74) is 0.969. The van der Waals surface area contributed by atoms with Crippen molar-refractivity contribution in [2.75, 3.05) is 19.7 Å². The molecule has 1 aliphatic heterocycles. The summed E-state index contributed by atoms with van der Waals surface area (Å²) in [6.07, 6.45) is 0.0678. The maximum Gasteiger partial charge on any atom is 0.304 e. The largest absolute Gasteiger partial charge is 0.481 e. The number of nitrogens with zero attached hydrogens (tertiary/aromatic N) is 1. The Morgan fingerprint density at radius 3 is 2.95 bits per heavy atom. The molecule has 1 fully saturated rings. The normalized spacial score (nSPS) is 24.3. The van der Waals surface area contributed by atoms with Crippen molar-refractivity contribution >= 4 is 17.6 Å². The third kappa shape index (κ3) is 3.69. The molecule has 0 aromatic heterocycles. The van der Waals surface area contributed by atoms with Crippen LogP contribution in [0.4, 0.5) is 0 Å². The lowest BCUT2D eigenvalue weighted by Crippen LogP contribution is -2.45. The highest BCUT2D eigenvalue weighted by molar-refractivity contribution is 6.31. The molecule has 5 heteroatoms. The average molecular weight is 284 g/mol. The third-order valence-electron chi connectivity index (χ3n) is 3.43. The van der Waals surface area contributed by atoms with Crippen molar-refractivity contribution in [3.8, 4) is 0 Å². The molecule has 4 nitrogen and oxygen atoms in total. The van der Waals surface area contributed by atoms with Crippen molar-refractivity contribution in [1.29, 1.82) is 0 Å². The van der Waals surface area contributed by atoms with E-state index in [1.54, 1.807) is 0 Å². The highest BCUT2D eigenvalue weighted by atomic mass is 35.5. The minimum absolute atomic E-state index is 0.0845. The maximum absolute atomic E-state index is 10.7. The molecule has 0 unspecified atom stereocenters. The minimum Gasteiger partial charge on any atom is -0.481 e. The van der Waals surface area contributed by atoms with Gasteiger partial charge in [0.2, 0.25) is 0 Å². The van der Waals surface area contributed by atoms with E-state index >= 15 is 0 Å². The number of carbonyl (C=O) groups is 1. The van der Waals surface area contributed by atoms with Crippen LogP contribution in [0.1, 0.15) is 25.0 Å². The maximum atomic E-state index is 10.7. The van der Waals surface area contributed by atoms with Gasteiger partial charge in [0.1, 0.15) is 0 Å². The Morgan fingerprint density at radius 2 is 2.26 bits per heavy atom. The number of hydrogen-bond acceptors (Lipinski definition) is 3. The van der Waals surface area contributed by atoms with Gasteiger partial charge in [0.25, 0.3) is 0 Å². The molecule has 0 amide bonds. The molecule has 1 aromatic rings. The van der Waals surface area contributed by atoms with Crippen LogP contribution >= 0.6 is 11.6 Å². The molecule has 0 bridgehead atoms. The number of halogens is 1. The second-order valence-electron chi connectivity index (χ2n) is 4.83. The number of carboxylic acids is 1. The van der Waals surface area contributed by atoms with Gasteiger partial charge in [-0.3, -0.25) is 9.69 Å². The first-order valence-corrected chi connectivity index (χ1v) is 6.77. The Morgan fingerprint density at radius 1 is 1.53 bits per heavy atom. The Kier molecular flexibility index (Phi) is 4.80. The van der Waals surface area contributed by atoms with E-state index in [9.17, 15) is 4.79 Å². The summed E-state index contributed by atoms with van der Waals surface area (Å²) < 4.78 is 5.82. The summed E-state index contributed by atoms with van der Waals surface area (Å²) in [6.45, 7) is 3.86. The molecule has 1 aromatic carbocycles. The molecule has 0 aliphatic carbocycles. The van der Waals surface area contributed by atoms with Crippen LogP contribution in [0, 0.1) is 0 Å². The lowest BCUT2D eigenvalue weighted by Gasteiger charge is -2.38. The van der Waals surface area contributed by atoms with E-state index in [4.69, 9.17) is 21.4 Å². The van der Waals surface area contributed by atoms with Crippen LogP contribution < -0.4 is 0 Å². The molecule has 0 spiro atoms. The van der Waals surface area contributed by atoms with Gasteiger partial charge in [-0.1, -0.05) is 29.8 Å². The zero-order valence-corrected chi connectivity index (χ0v) is 11.6. The molecule has 0 saturated carbocycles. The summed E-state index contributed by atoms with van der Waals surface area (Å²) in [5, 5.41) is 9.47. The molecule has 19 heavy (non-hydrogen) atoms. The molecule has 1 heterocycles. The monoisotopic (exact) mass is 283 g/mol. The van der Waals surface area contributed by atoms with Gasteiger partial charge < -0.3 is 9.84 Å². The van der Waals surface area contributed by atoms with Gasteiger partial charge >= 0.3 is 5.97 Å². The van der Waals surface area contributed by atoms with E-state index < -0.39 is 5.97 Å².